The summed E-state index contributed by atoms with van der Waals surface area (Å²) in [6, 6.07) is 10.5. The van der Waals surface area contributed by atoms with Crippen LogP contribution in [0.1, 0.15) is 5.56 Å². The molecule has 1 saturated heterocycles. The summed E-state index contributed by atoms with van der Waals surface area (Å²) in [4.78, 5) is 13.4. The van der Waals surface area contributed by atoms with Gasteiger partial charge in [0.1, 0.15) is 0 Å². The predicted molar refractivity (Wildman–Crippen MR) is 80.8 cm³/mol. The zero-order chi connectivity index (χ0) is 13.8. The van der Waals surface area contributed by atoms with Gasteiger partial charge in [-0.05, 0) is 12.1 Å². The lowest BCUT2D eigenvalue weighted by molar-refractivity contribution is 0.639. The molecule has 2 heterocycles. The highest BCUT2D eigenvalue weighted by atomic mass is 15.3. The SMILES string of the molecule is NCc1cnc(N2CCN(c3ccccc3)CC2)nc1. The molecule has 0 spiro atoms. The molecule has 5 heteroatoms. The molecule has 0 aliphatic carbocycles. The van der Waals surface area contributed by atoms with Crippen molar-refractivity contribution in [2.75, 3.05) is 36.0 Å². The van der Waals surface area contributed by atoms with E-state index in [1.54, 1.807) is 0 Å². The Hall–Kier alpha value is -2.14. The van der Waals surface area contributed by atoms with Crippen molar-refractivity contribution in [3.8, 4) is 0 Å². The molecule has 3 rings (SSSR count). The van der Waals surface area contributed by atoms with E-state index < -0.39 is 0 Å². The lowest BCUT2D eigenvalue weighted by Crippen LogP contribution is -2.47. The molecule has 2 N–H and O–H groups in total. The van der Waals surface area contributed by atoms with E-state index in [4.69, 9.17) is 5.73 Å². The van der Waals surface area contributed by atoms with Crippen LogP contribution in [0.2, 0.25) is 0 Å². The van der Waals surface area contributed by atoms with Gasteiger partial charge in [0.2, 0.25) is 5.95 Å². The van der Waals surface area contributed by atoms with Gasteiger partial charge in [0.25, 0.3) is 0 Å². The van der Waals surface area contributed by atoms with Crippen LogP contribution in [0.25, 0.3) is 0 Å². The molecule has 0 radical (unpaired) electrons. The first-order valence-corrected chi connectivity index (χ1v) is 6.93. The summed E-state index contributed by atoms with van der Waals surface area (Å²) in [6.07, 6.45) is 3.62. The smallest absolute Gasteiger partial charge is 0.225 e. The fourth-order valence-corrected chi connectivity index (χ4v) is 2.42. The second-order valence-electron chi connectivity index (χ2n) is 4.91. The average molecular weight is 269 g/mol. The Morgan fingerprint density at radius 3 is 2.10 bits per heavy atom. The van der Waals surface area contributed by atoms with Crippen molar-refractivity contribution in [3.05, 3.63) is 48.3 Å². The largest absolute Gasteiger partial charge is 0.368 e. The molecule has 1 aromatic heterocycles. The third-order valence-electron chi connectivity index (χ3n) is 3.61. The Bertz CT molecular complexity index is 532. The highest BCUT2D eigenvalue weighted by Crippen LogP contribution is 2.17. The van der Waals surface area contributed by atoms with Gasteiger partial charge in [0.15, 0.2) is 0 Å². The predicted octanol–water partition coefficient (Wildman–Crippen LogP) is 1.26. The molecule has 1 aliphatic heterocycles. The molecule has 104 valence electrons. The minimum atomic E-state index is 0.488. The highest BCUT2D eigenvalue weighted by molar-refractivity contribution is 5.48. The summed E-state index contributed by atoms with van der Waals surface area (Å²) >= 11 is 0. The van der Waals surface area contributed by atoms with Gasteiger partial charge >= 0.3 is 0 Å². The van der Waals surface area contributed by atoms with Gasteiger partial charge in [-0.15, -0.1) is 0 Å². The van der Waals surface area contributed by atoms with Crippen molar-refractivity contribution in [3.63, 3.8) is 0 Å². The van der Waals surface area contributed by atoms with Crippen LogP contribution in [-0.2, 0) is 6.54 Å². The summed E-state index contributed by atoms with van der Waals surface area (Å²) in [5.74, 6) is 0.801. The second kappa shape index (κ2) is 5.88. The van der Waals surface area contributed by atoms with Gasteiger partial charge in [-0.2, -0.15) is 0 Å². The summed E-state index contributed by atoms with van der Waals surface area (Å²) in [6.45, 7) is 4.35. The van der Waals surface area contributed by atoms with E-state index in [-0.39, 0.29) is 0 Å². The molecule has 1 aliphatic rings. The fraction of sp³-hybridized carbons (Fsp3) is 0.333. The minimum Gasteiger partial charge on any atom is -0.368 e. The number of hydrogen-bond acceptors (Lipinski definition) is 5. The molecule has 1 aromatic carbocycles. The number of anilines is 2. The van der Waals surface area contributed by atoms with Crippen molar-refractivity contribution in [1.82, 2.24) is 9.97 Å². The molecule has 0 amide bonds. The monoisotopic (exact) mass is 269 g/mol. The molecule has 2 aromatic rings. The van der Waals surface area contributed by atoms with Crippen LogP contribution in [0, 0.1) is 0 Å². The Kier molecular flexibility index (Phi) is 3.78. The molecule has 20 heavy (non-hydrogen) atoms. The maximum atomic E-state index is 5.56. The zero-order valence-corrected chi connectivity index (χ0v) is 11.4. The van der Waals surface area contributed by atoms with E-state index >= 15 is 0 Å². The van der Waals surface area contributed by atoms with E-state index in [2.05, 4.69) is 44.0 Å². The zero-order valence-electron chi connectivity index (χ0n) is 11.4. The van der Waals surface area contributed by atoms with Crippen molar-refractivity contribution in [1.29, 1.82) is 0 Å². The number of hydrogen-bond donors (Lipinski definition) is 1. The van der Waals surface area contributed by atoms with Crippen molar-refractivity contribution >= 4 is 11.6 Å². The van der Waals surface area contributed by atoms with E-state index in [1.807, 2.05) is 18.5 Å². The maximum Gasteiger partial charge on any atom is 0.225 e. The topological polar surface area (TPSA) is 58.3 Å². The van der Waals surface area contributed by atoms with Crippen LogP contribution in [0.5, 0.6) is 0 Å². The molecular weight excluding hydrogens is 250 g/mol. The third kappa shape index (κ3) is 2.72. The van der Waals surface area contributed by atoms with Crippen LogP contribution >= 0.6 is 0 Å². The maximum absolute atomic E-state index is 5.56. The minimum absolute atomic E-state index is 0.488. The lowest BCUT2D eigenvalue weighted by atomic mass is 10.2. The third-order valence-corrected chi connectivity index (χ3v) is 3.61. The average Bonchev–Trinajstić information content (AvgIpc) is 2.56. The molecule has 0 unspecified atom stereocenters. The summed E-state index contributed by atoms with van der Waals surface area (Å²) in [5, 5.41) is 0. The molecule has 0 bridgehead atoms. The Balaban J connectivity index is 1.63. The number of rotatable bonds is 3. The number of nitrogens with zero attached hydrogens (tertiary/aromatic N) is 4. The normalized spacial score (nSPS) is 15.4. The van der Waals surface area contributed by atoms with Crippen molar-refractivity contribution in [2.45, 2.75) is 6.54 Å². The Labute approximate surface area is 119 Å². The van der Waals surface area contributed by atoms with E-state index in [9.17, 15) is 0 Å². The molecular formula is C15H19N5. The van der Waals surface area contributed by atoms with Crippen molar-refractivity contribution < 1.29 is 0 Å². The van der Waals surface area contributed by atoms with Crippen LogP contribution in [-0.4, -0.2) is 36.1 Å². The van der Waals surface area contributed by atoms with Gasteiger partial charge in [-0.1, -0.05) is 18.2 Å². The van der Waals surface area contributed by atoms with E-state index in [1.165, 1.54) is 5.69 Å². The quantitative estimate of drug-likeness (QED) is 0.909. The second-order valence-corrected chi connectivity index (χ2v) is 4.91. The van der Waals surface area contributed by atoms with Gasteiger partial charge in [-0.3, -0.25) is 0 Å². The lowest BCUT2D eigenvalue weighted by Gasteiger charge is -2.36. The van der Waals surface area contributed by atoms with Gasteiger partial charge in [0.05, 0.1) is 0 Å². The highest BCUT2D eigenvalue weighted by Gasteiger charge is 2.18. The molecule has 1 fully saturated rings. The van der Waals surface area contributed by atoms with E-state index in [0.29, 0.717) is 6.54 Å². The molecule has 0 saturated carbocycles. The standard InChI is InChI=1S/C15H19N5/c16-10-13-11-17-15(18-12-13)20-8-6-19(7-9-20)14-4-2-1-3-5-14/h1-5,11-12H,6-10,16H2. The number of para-hydroxylation sites is 1. The number of piperazine rings is 1. The summed E-state index contributed by atoms with van der Waals surface area (Å²) < 4.78 is 0. The molecule has 0 atom stereocenters. The van der Waals surface area contributed by atoms with Gasteiger partial charge in [-0.25, -0.2) is 9.97 Å². The fourth-order valence-electron chi connectivity index (χ4n) is 2.42. The number of nitrogens with two attached hydrogens (primary N) is 1. The van der Waals surface area contributed by atoms with Gasteiger partial charge in [0, 0.05) is 56.4 Å². The van der Waals surface area contributed by atoms with Crippen molar-refractivity contribution in [2.24, 2.45) is 5.73 Å². The Morgan fingerprint density at radius 2 is 1.50 bits per heavy atom. The summed E-state index contributed by atoms with van der Waals surface area (Å²) in [7, 11) is 0. The van der Waals surface area contributed by atoms with Gasteiger partial charge < -0.3 is 15.5 Å². The molecule has 5 nitrogen and oxygen atoms in total. The first-order valence-electron chi connectivity index (χ1n) is 6.93. The number of benzene rings is 1. The Morgan fingerprint density at radius 1 is 0.900 bits per heavy atom. The van der Waals surface area contributed by atoms with Crippen LogP contribution in [0.4, 0.5) is 11.6 Å². The first kappa shape index (κ1) is 12.9. The first-order chi connectivity index (χ1) is 9.86. The van der Waals surface area contributed by atoms with Crippen LogP contribution in [0.15, 0.2) is 42.7 Å². The van der Waals surface area contributed by atoms with Crippen LogP contribution < -0.4 is 15.5 Å². The summed E-state index contributed by atoms with van der Waals surface area (Å²) in [5.41, 5.74) is 7.81. The van der Waals surface area contributed by atoms with E-state index in [0.717, 1.165) is 37.7 Å². The number of aromatic nitrogens is 2. The van der Waals surface area contributed by atoms with Crippen LogP contribution in [0.3, 0.4) is 0 Å².